The summed E-state index contributed by atoms with van der Waals surface area (Å²) in [5, 5.41) is 1.98. The molecule has 0 spiro atoms. The normalized spacial score (nSPS) is 17.9. The van der Waals surface area contributed by atoms with E-state index < -0.39 is 49.2 Å². The van der Waals surface area contributed by atoms with Crippen LogP contribution in [0.2, 0.25) is 0 Å². The SMILES string of the molecule is CCOC(=O)CN[C@@H](CC(=O)N1C(=O)OC[C@@H]1Cc1ccccc1)C(F)(F)F. The molecule has 154 valence electrons. The molecule has 2 atom stereocenters. The van der Waals surface area contributed by atoms with Gasteiger partial charge in [0, 0.05) is 0 Å². The number of hydrogen-bond acceptors (Lipinski definition) is 6. The molecule has 1 aromatic carbocycles. The Bertz CT molecular complexity index is 696. The largest absolute Gasteiger partial charge is 0.465 e. The molecular formula is C18H21F3N2O5. The van der Waals surface area contributed by atoms with Crippen molar-refractivity contribution in [3.05, 3.63) is 35.9 Å². The zero-order chi connectivity index (χ0) is 20.7. The number of amides is 2. The number of nitrogens with one attached hydrogen (secondary N) is 1. The van der Waals surface area contributed by atoms with E-state index in [1.54, 1.807) is 30.3 Å². The molecule has 0 aromatic heterocycles. The van der Waals surface area contributed by atoms with Gasteiger partial charge in [0.25, 0.3) is 0 Å². The van der Waals surface area contributed by atoms with Crippen molar-refractivity contribution in [2.75, 3.05) is 19.8 Å². The highest BCUT2D eigenvalue weighted by Gasteiger charge is 2.45. The minimum absolute atomic E-state index is 0.0247. The average molecular weight is 402 g/mol. The van der Waals surface area contributed by atoms with E-state index in [0.717, 1.165) is 10.5 Å². The zero-order valence-corrected chi connectivity index (χ0v) is 15.2. The Morgan fingerprint density at radius 3 is 2.61 bits per heavy atom. The molecule has 1 saturated heterocycles. The first-order valence-electron chi connectivity index (χ1n) is 8.70. The van der Waals surface area contributed by atoms with Crippen LogP contribution in [0.3, 0.4) is 0 Å². The molecule has 1 aliphatic rings. The van der Waals surface area contributed by atoms with Crippen molar-refractivity contribution in [2.45, 2.75) is 38.0 Å². The van der Waals surface area contributed by atoms with Crippen LogP contribution < -0.4 is 5.32 Å². The fraction of sp³-hybridized carbons (Fsp3) is 0.500. The van der Waals surface area contributed by atoms with E-state index in [4.69, 9.17) is 4.74 Å². The lowest BCUT2D eigenvalue weighted by atomic mass is 10.0. The van der Waals surface area contributed by atoms with Gasteiger partial charge in [-0.05, 0) is 18.9 Å². The summed E-state index contributed by atoms with van der Waals surface area (Å²) < 4.78 is 49.2. The summed E-state index contributed by atoms with van der Waals surface area (Å²) in [6, 6.07) is 5.93. The number of alkyl halides is 3. The highest BCUT2D eigenvalue weighted by molar-refractivity contribution is 5.94. The molecule has 1 N–H and O–H groups in total. The number of rotatable bonds is 8. The summed E-state index contributed by atoms with van der Waals surface area (Å²) in [6.07, 6.45) is -6.54. The quantitative estimate of drug-likeness (QED) is 0.670. The number of hydrogen-bond donors (Lipinski definition) is 1. The van der Waals surface area contributed by atoms with Crippen LogP contribution in [-0.4, -0.2) is 60.9 Å². The Morgan fingerprint density at radius 2 is 2.00 bits per heavy atom. The summed E-state index contributed by atoms with van der Waals surface area (Å²) in [4.78, 5) is 36.4. The van der Waals surface area contributed by atoms with Crippen LogP contribution in [-0.2, 0) is 25.5 Å². The van der Waals surface area contributed by atoms with Gasteiger partial charge in [0.05, 0.1) is 25.6 Å². The van der Waals surface area contributed by atoms with Crippen molar-refractivity contribution in [1.82, 2.24) is 10.2 Å². The second-order valence-corrected chi connectivity index (χ2v) is 6.17. The van der Waals surface area contributed by atoms with Crippen molar-refractivity contribution in [3.63, 3.8) is 0 Å². The van der Waals surface area contributed by atoms with Gasteiger partial charge in [0.1, 0.15) is 12.6 Å². The third-order valence-corrected chi connectivity index (χ3v) is 4.12. The average Bonchev–Trinajstić information content (AvgIpc) is 2.99. The number of carbonyl (C=O) groups is 3. The van der Waals surface area contributed by atoms with E-state index >= 15 is 0 Å². The molecule has 10 heteroatoms. The fourth-order valence-corrected chi connectivity index (χ4v) is 2.80. The lowest BCUT2D eigenvalue weighted by Gasteiger charge is -2.25. The van der Waals surface area contributed by atoms with E-state index in [2.05, 4.69) is 4.74 Å². The topological polar surface area (TPSA) is 84.9 Å². The van der Waals surface area contributed by atoms with Crippen molar-refractivity contribution in [1.29, 1.82) is 0 Å². The van der Waals surface area contributed by atoms with Crippen LogP contribution in [0.25, 0.3) is 0 Å². The Kier molecular flexibility index (Phi) is 7.38. The monoisotopic (exact) mass is 402 g/mol. The van der Waals surface area contributed by atoms with Crippen molar-refractivity contribution < 1.29 is 37.0 Å². The molecule has 1 aromatic rings. The van der Waals surface area contributed by atoms with Crippen LogP contribution in [0, 0.1) is 0 Å². The van der Waals surface area contributed by atoms with E-state index in [0.29, 0.717) is 0 Å². The minimum atomic E-state index is -4.79. The van der Waals surface area contributed by atoms with Gasteiger partial charge in [0.2, 0.25) is 5.91 Å². The summed E-state index contributed by atoms with van der Waals surface area (Å²) >= 11 is 0. The number of cyclic esters (lactones) is 1. The molecule has 0 bridgehead atoms. The maximum absolute atomic E-state index is 13.2. The van der Waals surface area contributed by atoms with Gasteiger partial charge in [-0.1, -0.05) is 30.3 Å². The molecule has 2 amide bonds. The van der Waals surface area contributed by atoms with Crippen molar-refractivity contribution >= 4 is 18.0 Å². The van der Waals surface area contributed by atoms with Crippen molar-refractivity contribution in [3.8, 4) is 0 Å². The first-order valence-corrected chi connectivity index (χ1v) is 8.70. The van der Waals surface area contributed by atoms with Gasteiger partial charge >= 0.3 is 18.2 Å². The summed E-state index contributed by atoms with van der Waals surface area (Å²) in [7, 11) is 0. The van der Waals surface area contributed by atoms with Gasteiger partial charge in [0.15, 0.2) is 0 Å². The maximum atomic E-state index is 13.2. The van der Waals surface area contributed by atoms with Crippen LogP contribution in [0.5, 0.6) is 0 Å². The molecule has 1 heterocycles. The zero-order valence-electron chi connectivity index (χ0n) is 15.2. The number of benzene rings is 1. The molecule has 2 rings (SSSR count). The Hall–Kier alpha value is -2.62. The van der Waals surface area contributed by atoms with Gasteiger partial charge < -0.3 is 9.47 Å². The molecule has 0 radical (unpaired) electrons. The van der Waals surface area contributed by atoms with Gasteiger partial charge in [-0.25, -0.2) is 9.69 Å². The van der Waals surface area contributed by atoms with Gasteiger partial charge in [-0.15, -0.1) is 0 Å². The van der Waals surface area contributed by atoms with E-state index in [9.17, 15) is 27.6 Å². The maximum Gasteiger partial charge on any atom is 0.416 e. The number of nitrogens with zero attached hydrogens (tertiary/aromatic N) is 1. The molecule has 7 nitrogen and oxygen atoms in total. The van der Waals surface area contributed by atoms with Crippen molar-refractivity contribution in [2.24, 2.45) is 0 Å². The minimum Gasteiger partial charge on any atom is -0.465 e. The predicted octanol–water partition coefficient (Wildman–Crippen LogP) is 2.05. The summed E-state index contributed by atoms with van der Waals surface area (Å²) in [5.74, 6) is -1.89. The second kappa shape index (κ2) is 9.54. The third-order valence-electron chi connectivity index (χ3n) is 4.12. The first-order chi connectivity index (χ1) is 13.2. The Morgan fingerprint density at radius 1 is 1.32 bits per heavy atom. The number of esters is 1. The van der Waals surface area contributed by atoms with E-state index in [1.807, 2.05) is 5.32 Å². The molecule has 0 unspecified atom stereocenters. The smallest absolute Gasteiger partial charge is 0.416 e. The first kappa shape index (κ1) is 21.7. The van der Waals surface area contributed by atoms with Crippen LogP contribution in [0.4, 0.5) is 18.0 Å². The summed E-state index contributed by atoms with van der Waals surface area (Å²) in [6.45, 7) is 0.751. The molecule has 28 heavy (non-hydrogen) atoms. The lowest BCUT2D eigenvalue weighted by molar-refractivity contribution is -0.166. The molecule has 0 saturated carbocycles. The fourth-order valence-electron chi connectivity index (χ4n) is 2.80. The van der Waals surface area contributed by atoms with Crippen LogP contribution in [0.15, 0.2) is 30.3 Å². The van der Waals surface area contributed by atoms with Gasteiger partial charge in [-0.2, -0.15) is 13.2 Å². The Balaban J connectivity index is 2.05. The van der Waals surface area contributed by atoms with E-state index in [-0.39, 0.29) is 19.6 Å². The van der Waals surface area contributed by atoms with Crippen LogP contribution in [0.1, 0.15) is 18.9 Å². The van der Waals surface area contributed by atoms with E-state index in [1.165, 1.54) is 6.92 Å². The third kappa shape index (κ3) is 5.95. The molecular weight excluding hydrogens is 381 g/mol. The van der Waals surface area contributed by atoms with Gasteiger partial charge in [-0.3, -0.25) is 14.9 Å². The lowest BCUT2D eigenvalue weighted by Crippen LogP contribution is -2.49. The summed E-state index contributed by atoms with van der Waals surface area (Å²) in [5.41, 5.74) is 0.816. The predicted molar refractivity (Wildman–Crippen MR) is 91.2 cm³/mol. The molecule has 0 aliphatic carbocycles. The highest BCUT2D eigenvalue weighted by Crippen LogP contribution is 2.25. The molecule has 1 aliphatic heterocycles. The highest BCUT2D eigenvalue weighted by atomic mass is 19.4. The molecule has 1 fully saturated rings. The number of carbonyl (C=O) groups excluding carboxylic acids is 3. The Labute approximate surface area is 159 Å². The second-order valence-electron chi connectivity index (χ2n) is 6.17. The number of imide groups is 1. The van der Waals surface area contributed by atoms with Crippen LogP contribution >= 0.6 is 0 Å². The standard InChI is InChI=1S/C18H21F3N2O5/c1-2-27-16(25)10-22-14(18(19,20)21)9-15(24)23-13(11-28-17(23)26)8-12-6-4-3-5-7-12/h3-7,13-14,22H,2,8-11H2,1H3/t13-,14-/m0/s1. The number of ether oxygens (including phenoxy) is 2. The number of halogens is 3.